The van der Waals surface area contributed by atoms with Gasteiger partial charge in [0.2, 0.25) is 10.0 Å². The van der Waals surface area contributed by atoms with E-state index in [1.807, 2.05) is 0 Å². The zero-order valence-electron chi connectivity index (χ0n) is 13.4. The van der Waals surface area contributed by atoms with E-state index in [0.717, 1.165) is 25.0 Å². The smallest absolute Gasteiger partial charge is 0.311 e. The van der Waals surface area contributed by atoms with E-state index in [4.69, 9.17) is 11.6 Å². The van der Waals surface area contributed by atoms with Gasteiger partial charge in [-0.15, -0.1) is 12.4 Å². The van der Waals surface area contributed by atoms with Gasteiger partial charge in [0, 0.05) is 25.2 Å². The summed E-state index contributed by atoms with van der Waals surface area (Å²) in [5.74, 6) is 0. The van der Waals surface area contributed by atoms with Gasteiger partial charge >= 0.3 is 6.18 Å². The summed E-state index contributed by atoms with van der Waals surface area (Å²) < 4.78 is 65.5. The minimum atomic E-state index is -4.62. The monoisotopic (exact) mass is 418 g/mol. The van der Waals surface area contributed by atoms with Crippen molar-refractivity contribution >= 4 is 34.0 Å². The number of fused-ring (bicyclic) bond motifs is 2. The number of piperidine rings is 1. The Morgan fingerprint density at radius 2 is 1.76 bits per heavy atom. The predicted molar refractivity (Wildman–Crippen MR) is 91.6 cm³/mol. The maximum absolute atomic E-state index is 12.9. The first-order chi connectivity index (χ1) is 11.1. The van der Waals surface area contributed by atoms with Crippen LogP contribution < -0.4 is 5.32 Å². The van der Waals surface area contributed by atoms with E-state index in [1.54, 1.807) is 0 Å². The number of alkyl halides is 3. The Hall–Kier alpha value is -0.540. The number of benzene rings is 1. The first-order valence-electron chi connectivity index (χ1n) is 7.70. The van der Waals surface area contributed by atoms with Gasteiger partial charge in [-0.25, -0.2) is 8.42 Å². The second-order valence-corrected chi connectivity index (χ2v) is 8.80. The molecule has 0 aliphatic carbocycles. The molecule has 1 aromatic carbocycles. The summed E-state index contributed by atoms with van der Waals surface area (Å²) in [5.41, 5.74) is -1.02. The molecular weight excluding hydrogens is 400 g/mol. The third kappa shape index (κ3) is 4.08. The van der Waals surface area contributed by atoms with Gasteiger partial charge < -0.3 is 5.32 Å². The van der Waals surface area contributed by atoms with Crippen LogP contribution in [0.5, 0.6) is 0 Å². The van der Waals surface area contributed by atoms with Crippen LogP contribution in [0.1, 0.15) is 31.2 Å². The van der Waals surface area contributed by atoms with Gasteiger partial charge in [0.1, 0.15) is 4.90 Å². The molecule has 2 aliphatic rings. The second-order valence-electron chi connectivity index (χ2n) is 6.43. The van der Waals surface area contributed by atoms with Crippen LogP contribution in [0.15, 0.2) is 23.1 Å². The van der Waals surface area contributed by atoms with Gasteiger partial charge in [-0.1, -0.05) is 11.6 Å². The fourth-order valence-corrected chi connectivity index (χ4v) is 5.43. The first-order valence-corrected chi connectivity index (χ1v) is 9.51. The number of hydrogen-bond acceptors (Lipinski definition) is 3. The molecule has 0 radical (unpaired) electrons. The standard InChI is InChI=1S/C15H18ClF3N2O2S.ClH/c1-21(12-7-10-3-4-11(8-12)20-10)24(22,23)14-6-9(15(17,18)19)2-5-13(14)16;/h2,5-6,10-12,20H,3-4,7-8H2,1H3;1H. The fourth-order valence-electron chi connectivity index (χ4n) is 3.55. The van der Waals surface area contributed by atoms with Crippen molar-refractivity contribution in [2.75, 3.05) is 7.05 Å². The average Bonchev–Trinajstić information content (AvgIpc) is 2.83. The maximum atomic E-state index is 12.9. The summed E-state index contributed by atoms with van der Waals surface area (Å²) >= 11 is 5.90. The molecule has 4 nitrogen and oxygen atoms in total. The van der Waals surface area contributed by atoms with E-state index >= 15 is 0 Å². The highest BCUT2D eigenvalue weighted by atomic mass is 35.5. The number of halogens is 5. The van der Waals surface area contributed by atoms with Crippen molar-refractivity contribution in [3.8, 4) is 0 Å². The van der Waals surface area contributed by atoms with Crippen molar-refractivity contribution in [2.24, 2.45) is 0 Å². The molecule has 142 valence electrons. The third-order valence-electron chi connectivity index (χ3n) is 4.88. The lowest BCUT2D eigenvalue weighted by Crippen LogP contribution is -2.48. The van der Waals surface area contributed by atoms with Gasteiger partial charge in [-0.3, -0.25) is 0 Å². The van der Waals surface area contributed by atoms with Crippen molar-refractivity contribution in [1.29, 1.82) is 0 Å². The van der Waals surface area contributed by atoms with E-state index in [-0.39, 0.29) is 35.6 Å². The summed E-state index contributed by atoms with van der Waals surface area (Å²) in [4.78, 5) is -0.493. The van der Waals surface area contributed by atoms with E-state index < -0.39 is 26.7 Å². The molecule has 3 rings (SSSR count). The van der Waals surface area contributed by atoms with Crippen LogP contribution in [0.4, 0.5) is 13.2 Å². The molecule has 2 atom stereocenters. The molecule has 2 aliphatic heterocycles. The Morgan fingerprint density at radius 3 is 2.28 bits per heavy atom. The molecule has 0 aromatic heterocycles. The molecule has 1 aromatic rings. The minimum Gasteiger partial charge on any atom is -0.311 e. The van der Waals surface area contributed by atoms with Gasteiger partial charge in [0.25, 0.3) is 0 Å². The summed E-state index contributed by atoms with van der Waals surface area (Å²) in [6, 6.07) is 2.68. The zero-order valence-corrected chi connectivity index (χ0v) is 15.8. The molecule has 2 bridgehead atoms. The summed E-state index contributed by atoms with van der Waals surface area (Å²) in [6.45, 7) is 0. The summed E-state index contributed by atoms with van der Waals surface area (Å²) in [5, 5.41) is 3.21. The first kappa shape index (κ1) is 20.8. The second kappa shape index (κ2) is 7.23. The predicted octanol–water partition coefficient (Wildman–Crippen LogP) is 3.68. The molecule has 2 heterocycles. The quantitative estimate of drug-likeness (QED) is 0.814. The van der Waals surface area contributed by atoms with E-state index in [1.165, 1.54) is 11.4 Å². The van der Waals surface area contributed by atoms with Crippen LogP contribution >= 0.6 is 24.0 Å². The number of hydrogen-bond donors (Lipinski definition) is 1. The van der Waals surface area contributed by atoms with Gasteiger partial charge in [-0.05, 0) is 43.9 Å². The molecule has 1 N–H and O–H groups in total. The lowest BCUT2D eigenvalue weighted by Gasteiger charge is -2.35. The Kier molecular flexibility index (Phi) is 6.01. The normalized spacial score (nSPS) is 26.6. The van der Waals surface area contributed by atoms with Crippen molar-refractivity contribution in [1.82, 2.24) is 9.62 Å². The highest BCUT2D eigenvalue weighted by Gasteiger charge is 2.40. The van der Waals surface area contributed by atoms with Crippen molar-refractivity contribution in [3.05, 3.63) is 28.8 Å². The van der Waals surface area contributed by atoms with E-state index in [9.17, 15) is 21.6 Å². The number of nitrogens with zero attached hydrogens (tertiary/aromatic N) is 1. The molecule has 2 fully saturated rings. The highest BCUT2D eigenvalue weighted by Crippen LogP contribution is 2.36. The largest absolute Gasteiger partial charge is 0.416 e. The van der Waals surface area contributed by atoms with Gasteiger partial charge in [-0.2, -0.15) is 17.5 Å². The van der Waals surface area contributed by atoms with Crippen LogP contribution in [0, 0.1) is 0 Å². The third-order valence-corrected chi connectivity index (χ3v) is 7.27. The Morgan fingerprint density at radius 1 is 1.20 bits per heavy atom. The summed E-state index contributed by atoms with van der Waals surface area (Å²) in [6.07, 6.45) is -1.31. The lowest BCUT2D eigenvalue weighted by atomic mass is 10.0. The molecule has 0 amide bonds. The molecule has 2 unspecified atom stereocenters. The molecule has 25 heavy (non-hydrogen) atoms. The van der Waals surface area contributed by atoms with Gasteiger partial charge in [0.15, 0.2) is 0 Å². The SMILES string of the molecule is CN(C1CC2CCC(C1)N2)S(=O)(=O)c1cc(C(F)(F)F)ccc1Cl.Cl. The van der Waals surface area contributed by atoms with E-state index in [2.05, 4.69) is 5.32 Å². The molecule has 10 heteroatoms. The highest BCUT2D eigenvalue weighted by molar-refractivity contribution is 7.89. The molecule has 0 saturated carbocycles. The van der Waals surface area contributed by atoms with Crippen molar-refractivity contribution in [3.63, 3.8) is 0 Å². The van der Waals surface area contributed by atoms with Crippen LogP contribution in [-0.4, -0.2) is 37.9 Å². The zero-order chi connectivity index (χ0) is 17.7. The topological polar surface area (TPSA) is 49.4 Å². The number of rotatable bonds is 3. The van der Waals surface area contributed by atoms with E-state index in [0.29, 0.717) is 18.9 Å². The molecular formula is C15H19Cl2F3N2O2S. The van der Waals surface area contributed by atoms with Crippen LogP contribution in [-0.2, 0) is 16.2 Å². The van der Waals surface area contributed by atoms with Crippen molar-refractivity contribution in [2.45, 2.75) is 54.9 Å². The molecule has 0 spiro atoms. The van der Waals surface area contributed by atoms with Crippen LogP contribution in [0.25, 0.3) is 0 Å². The Balaban J connectivity index is 0.00000225. The average molecular weight is 419 g/mol. The van der Waals surface area contributed by atoms with Crippen LogP contribution in [0.2, 0.25) is 5.02 Å². The van der Waals surface area contributed by atoms with Crippen molar-refractivity contribution < 1.29 is 21.6 Å². The minimum absolute atomic E-state index is 0. The Labute approximate surface area is 156 Å². The number of nitrogens with one attached hydrogen (secondary N) is 1. The fraction of sp³-hybridized carbons (Fsp3) is 0.600. The van der Waals surface area contributed by atoms with Crippen LogP contribution in [0.3, 0.4) is 0 Å². The Bertz CT molecular complexity index is 731. The maximum Gasteiger partial charge on any atom is 0.416 e. The molecule has 2 saturated heterocycles. The summed E-state index contributed by atoms with van der Waals surface area (Å²) in [7, 11) is -2.68. The lowest BCUT2D eigenvalue weighted by molar-refractivity contribution is -0.137. The number of sulfonamides is 1. The van der Waals surface area contributed by atoms with Gasteiger partial charge in [0.05, 0.1) is 10.6 Å².